The van der Waals surface area contributed by atoms with Gasteiger partial charge in [0, 0.05) is 46.1 Å². The fraction of sp³-hybridized carbons (Fsp3) is 0.600. The van der Waals surface area contributed by atoms with E-state index in [0.717, 1.165) is 42.4 Å². The number of benzene rings is 1. The Bertz CT molecular complexity index is 798. The fourth-order valence-corrected chi connectivity index (χ4v) is 4.55. The van der Waals surface area contributed by atoms with E-state index >= 15 is 0 Å². The minimum Gasteiger partial charge on any atom is -0.356 e. The van der Waals surface area contributed by atoms with Gasteiger partial charge in [-0.2, -0.15) is 0 Å². The predicted octanol–water partition coefficient (Wildman–Crippen LogP) is 1.99. The average molecular weight is 428 g/mol. The van der Waals surface area contributed by atoms with Crippen LogP contribution in [0.1, 0.15) is 39.0 Å². The molecule has 29 heavy (non-hydrogen) atoms. The maximum Gasteiger partial charge on any atom is 0.242 e. The molecule has 0 bridgehead atoms. The number of piperidine rings is 1. The number of likely N-dealkylation sites (tertiary alicyclic amines) is 1. The van der Waals surface area contributed by atoms with Gasteiger partial charge in [-0.3, -0.25) is 9.59 Å². The molecule has 1 aromatic rings. The van der Waals surface area contributed by atoms with Gasteiger partial charge in [-0.05, 0) is 49.4 Å². The predicted molar refractivity (Wildman–Crippen MR) is 108 cm³/mol. The Kier molecular flexibility index (Phi) is 8.58. The summed E-state index contributed by atoms with van der Waals surface area (Å²) in [6, 6.07) is 4.63. The summed E-state index contributed by atoms with van der Waals surface area (Å²) in [5.74, 6) is -0.138. The highest BCUT2D eigenvalue weighted by Gasteiger charge is 2.22. The molecule has 0 radical (unpaired) electrons. The van der Waals surface area contributed by atoms with Crippen LogP contribution in [0.5, 0.6) is 0 Å². The number of sulfonamides is 1. The number of carbonyl (C=O) groups is 2. The number of hydrogen-bond acceptors (Lipinski definition) is 4. The number of halogens is 1. The van der Waals surface area contributed by atoms with Crippen molar-refractivity contribution in [3.63, 3.8) is 0 Å². The third-order valence-electron chi connectivity index (χ3n) is 5.07. The van der Waals surface area contributed by atoms with E-state index in [2.05, 4.69) is 12.2 Å². The van der Waals surface area contributed by atoms with Gasteiger partial charge < -0.3 is 10.2 Å². The van der Waals surface area contributed by atoms with Gasteiger partial charge >= 0.3 is 0 Å². The minimum absolute atomic E-state index is 0.0106. The lowest BCUT2D eigenvalue weighted by Gasteiger charge is -2.31. The van der Waals surface area contributed by atoms with E-state index in [-0.39, 0.29) is 42.6 Å². The lowest BCUT2D eigenvalue weighted by atomic mass is 10.00. The summed E-state index contributed by atoms with van der Waals surface area (Å²) in [5.41, 5.74) is 0. The molecule has 1 saturated heterocycles. The Morgan fingerprint density at radius 1 is 1.24 bits per heavy atom. The molecule has 0 aromatic heterocycles. The topological polar surface area (TPSA) is 86.8 Å². The zero-order valence-corrected chi connectivity index (χ0v) is 17.9. The molecule has 2 rings (SSSR count). The molecular formula is C20H30FN3O4S. The van der Waals surface area contributed by atoms with Crippen molar-refractivity contribution < 1.29 is 22.4 Å². The first-order valence-electron chi connectivity index (χ1n) is 9.96. The van der Waals surface area contributed by atoms with E-state index in [1.165, 1.54) is 19.2 Å². The zero-order valence-electron chi connectivity index (χ0n) is 17.1. The van der Waals surface area contributed by atoms with E-state index in [4.69, 9.17) is 0 Å². The van der Waals surface area contributed by atoms with Gasteiger partial charge in [0.15, 0.2) is 0 Å². The lowest BCUT2D eigenvalue weighted by molar-refractivity contribution is -0.132. The molecule has 1 aliphatic heterocycles. The van der Waals surface area contributed by atoms with Crippen molar-refractivity contribution in [3.05, 3.63) is 30.1 Å². The quantitative estimate of drug-likeness (QED) is 0.653. The molecule has 1 heterocycles. The first-order chi connectivity index (χ1) is 13.7. The number of hydrogen-bond donors (Lipinski definition) is 1. The van der Waals surface area contributed by atoms with Gasteiger partial charge in [0.2, 0.25) is 21.8 Å². The van der Waals surface area contributed by atoms with Crippen molar-refractivity contribution >= 4 is 21.8 Å². The Labute approximate surface area is 172 Å². The van der Waals surface area contributed by atoms with E-state index in [9.17, 15) is 22.4 Å². The summed E-state index contributed by atoms with van der Waals surface area (Å²) in [5, 5.41) is 2.72. The van der Waals surface area contributed by atoms with Gasteiger partial charge in [0.1, 0.15) is 5.82 Å². The van der Waals surface area contributed by atoms with Crippen LogP contribution in [0.2, 0.25) is 0 Å². The zero-order chi connectivity index (χ0) is 21.4. The summed E-state index contributed by atoms with van der Waals surface area (Å²) < 4.78 is 38.9. The van der Waals surface area contributed by atoms with Crippen molar-refractivity contribution in [2.45, 2.75) is 43.9 Å². The molecule has 1 N–H and O–H groups in total. The highest BCUT2D eigenvalue weighted by molar-refractivity contribution is 7.89. The van der Waals surface area contributed by atoms with Crippen LogP contribution in [0, 0.1) is 11.7 Å². The van der Waals surface area contributed by atoms with Gasteiger partial charge in [-0.25, -0.2) is 17.1 Å². The Balaban J connectivity index is 1.67. The van der Waals surface area contributed by atoms with Crippen molar-refractivity contribution in [2.75, 3.05) is 33.2 Å². The highest BCUT2D eigenvalue weighted by atomic mass is 32.2. The van der Waals surface area contributed by atoms with Crippen molar-refractivity contribution in [1.29, 1.82) is 0 Å². The molecule has 1 fully saturated rings. The van der Waals surface area contributed by atoms with Crippen LogP contribution < -0.4 is 5.32 Å². The van der Waals surface area contributed by atoms with E-state index in [1.54, 1.807) is 0 Å². The van der Waals surface area contributed by atoms with Crippen molar-refractivity contribution in [2.24, 2.45) is 5.92 Å². The number of carbonyl (C=O) groups excluding carboxylic acids is 2. The monoisotopic (exact) mass is 427 g/mol. The lowest BCUT2D eigenvalue weighted by Crippen LogP contribution is -2.40. The largest absolute Gasteiger partial charge is 0.356 e. The number of nitrogens with one attached hydrogen (secondary N) is 1. The number of nitrogens with zero attached hydrogens (tertiary/aromatic N) is 2. The van der Waals surface area contributed by atoms with Crippen LogP contribution in [0.4, 0.5) is 4.39 Å². The SMILES string of the molecule is CC1CCCN(C(=O)CCNC(=O)CCCN(C)S(=O)(=O)c2ccc(F)cc2)C1. The molecule has 1 atom stereocenters. The molecule has 162 valence electrons. The van der Waals surface area contributed by atoms with Gasteiger partial charge in [0.05, 0.1) is 4.90 Å². The Morgan fingerprint density at radius 2 is 1.93 bits per heavy atom. The summed E-state index contributed by atoms with van der Waals surface area (Å²) >= 11 is 0. The third kappa shape index (κ3) is 7.08. The molecule has 0 saturated carbocycles. The van der Waals surface area contributed by atoms with Crippen LogP contribution >= 0.6 is 0 Å². The summed E-state index contributed by atoms with van der Waals surface area (Å²) in [7, 11) is -2.29. The molecule has 1 aliphatic rings. The van der Waals surface area contributed by atoms with Crippen molar-refractivity contribution in [3.8, 4) is 0 Å². The summed E-state index contributed by atoms with van der Waals surface area (Å²) in [4.78, 5) is 26.0. The number of amides is 2. The van der Waals surface area contributed by atoms with E-state index in [0.29, 0.717) is 12.3 Å². The molecule has 9 heteroatoms. The van der Waals surface area contributed by atoms with Crippen LogP contribution in [0.3, 0.4) is 0 Å². The summed E-state index contributed by atoms with van der Waals surface area (Å²) in [6.07, 6.45) is 2.95. The molecule has 1 aromatic carbocycles. The maximum absolute atomic E-state index is 13.0. The summed E-state index contributed by atoms with van der Waals surface area (Å²) in [6.45, 7) is 4.14. The molecule has 2 amide bonds. The standard InChI is InChI=1S/C20H30FN3O4S/c1-16-5-3-14-24(15-16)20(26)11-12-22-19(25)6-4-13-23(2)29(27,28)18-9-7-17(21)8-10-18/h7-10,16H,3-6,11-15H2,1-2H3,(H,22,25). The van der Waals surface area contributed by atoms with Crippen LogP contribution in [0.15, 0.2) is 29.2 Å². The van der Waals surface area contributed by atoms with Gasteiger partial charge in [0.25, 0.3) is 0 Å². The highest BCUT2D eigenvalue weighted by Crippen LogP contribution is 2.16. The molecule has 7 nitrogen and oxygen atoms in total. The Morgan fingerprint density at radius 3 is 2.59 bits per heavy atom. The smallest absolute Gasteiger partial charge is 0.242 e. The van der Waals surface area contributed by atoms with Crippen LogP contribution in [0.25, 0.3) is 0 Å². The van der Waals surface area contributed by atoms with Crippen molar-refractivity contribution in [1.82, 2.24) is 14.5 Å². The molecular weight excluding hydrogens is 397 g/mol. The van der Waals surface area contributed by atoms with Crippen LogP contribution in [-0.2, 0) is 19.6 Å². The molecule has 0 aliphatic carbocycles. The van der Waals surface area contributed by atoms with Gasteiger partial charge in [-0.15, -0.1) is 0 Å². The normalized spacial score (nSPS) is 17.4. The van der Waals surface area contributed by atoms with Crippen LogP contribution in [-0.4, -0.2) is 62.7 Å². The average Bonchev–Trinajstić information content (AvgIpc) is 2.68. The second-order valence-electron chi connectivity index (χ2n) is 7.57. The second-order valence-corrected chi connectivity index (χ2v) is 9.62. The fourth-order valence-electron chi connectivity index (χ4n) is 3.34. The number of rotatable bonds is 9. The first-order valence-corrected chi connectivity index (χ1v) is 11.4. The van der Waals surface area contributed by atoms with E-state index in [1.807, 2.05) is 4.90 Å². The molecule has 0 spiro atoms. The minimum atomic E-state index is -3.71. The third-order valence-corrected chi connectivity index (χ3v) is 6.94. The Hall–Kier alpha value is -2.00. The first kappa shape index (κ1) is 23.3. The van der Waals surface area contributed by atoms with E-state index < -0.39 is 15.8 Å². The second kappa shape index (κ2) is 10.7. The molecule has 1 unspecified atom stereocenters. The maximum atomic E-state index is 13.0. The van der Waals surface area contributed by atoms with Gasteiger partial charge in [-0.1, -0.05) is 6.92 Å².